The zero-order valence-corrected chi connectivity index (χ0v) is 15.8. The van der Waals surface area contributed by atoms with Crippen molar-refractivity contribution < 1.29 is 24.2 Å². The average molecular weight is 404 g/mol. The normalized spacial score (nSPS) is 15.7. The Labute approximate surface area is 170 Å². The Hall–Kier alpha value is -3.94. The summed E-state index contributed by atoms with van der Waals surface area (Å²) in [5.74, 6) is -0.587. The zero-order chi connectivity index (χ0) is 20.8. The molecule has 1 N–H and O–H groups in total. The van der Waals surface area contributed by atoms with Gasteiger partial charge in [-0.1, -0.05) is 12.1 Å². The third kappa shape index (κ3) is 2.76. The molecule has 2 heterocycles. The maximum Gasteiger partial charge on any atom is 0.285 e. The van der Waals surface area contributed by atoms with Gasteiger partial charge in [0, 0.05) is 18.9 Å². The van der Waals surface area contributed by atoms with Crippen LogP contribution in [-0.4, -0.2) is 33.0 Å². The summed E-state index contributed by atoms with van der Waals surface area (Å²) in [5.41, 5.74) is -0.0876. The number of carbonyl (C=O) groups is 2. The lowest BCUT2D eigenvalue weighted by Gasteiger charge is -2.15. The van der Waals surface area contributed by atoms with Crippen molar-refractivity contribution in [3.8, 4) is 17.2 Å². The Bertz CT molecular complexity index is 1320. The van der Waals surface area contributed by atoms with Gasteiger partial charge < -0.3 is 14.6 Å². The smallest absolute Gasteiger partial charge is 0.285 e. The Morgan fingerprint density at radius 2 is 1.83 bits per heavy atom. The fraction of sp³-hybridized carbons (Fsp3) is 0.182. The number of ether oxygens (including phenoxy) is 2. The van der Waals surface area contributed by atoms with Gasteiger partial charge in [-0.05, 0) is 30.7 Å². The molecular formula is C22H16N2O6. The summed E-state index contributed by atoms with van der Waals surface area (Å²) < 4.78 is 12.1. The van der Waals surface area contributed by atoms with Crippen molar-refractivity contribution in [3.63, 3.8) is 0 Å². The average Bonchev–Trinajstić information content (AvgIpc) is 3.21. The molecule has 0 amide bonds. The fourth-order valence-corrected chi connectivity index (χ4v) is 3.76. The molecule has 150 valence electrons. The first kappa shape index (κ1) is 18.1. The number of benzene rings is 2. The summed E-state index contributed by atoms with van der Waals surface area (Å²) in [5, 5.41) is 10.1. The standard InChI is InChI=1S/C22H16N2O6/c25-15-6-3-7-16(26)19(15)21(27)20-22(28)24(14-5-2-1-4-13(14)23-20)12-8-9-17-18(10-12)30-11-29-17/h1-2,4-5,8-10,25H,3,6-7,11H2. The van der Waals surface area contributed by atoms with Crippen LogP contribution in [0.1, 0.15) is 29.8 Å². The van der Waals surface area contributed by atoms with E-state index in [0.717, 1.165) is 0 Å². The van der Waals surface area contributed by atoms with Crippen LogP contribution in [0.2, 0.25) is 0 Å². The molecule has 2 aromatic carbocycles. The SMILES string of the molecule is O=C1CCCC(O)=C1C(=O)c1nc2ccccc2n(-c2ccc3c(c2)OCO3)c1=O. The van der Waals surface area contributed by atoms with Gasteiger partial charge in [-0.3, -0.25) is 19.0 Å². The van der Waals surface area contributed by atoms with Gasteiger partial charge in [0.05, 0.1) is 16.7 Å². The molecule has 0 saturated carbocycles. The minimum absolute atomic E-state index is 0.0874. The van der Waals surface area contributed by atoms with Crippen molar-refractivity contribution >= 4 is 22.6 Å². The zero-order valence-electron chi connectivity index (χ0n) is 15.8. The lowest BCUT2D eigenvalue weighted by atomic mass is 9.92. The number of carbonyl (C=O) groups excluding carboxylic acids is 2. The second-order valence-electron chi connectivity index (χ2n) is 7.05. The van der Waals surface area contributed by atoms with Crippen LogP contribution in [0.25, 0.3) is 16.7 Å². The largest absolute Gasteiger partial charge is 0.511 e. The lowest BCUT2D eigenvalue weighted by Crippen LogP contribution is -2.31. The first-order valence-corrected chi connectivity index (χ1v) is 9.46. The number of para-hydroxylation sites is 2. The van der Waals surface area contributed by atoms with Gasteiger partial charge >= 0.3 is 0 Å². The molecule has 0 saturated heterocycles. The van der Waals surface area contributed by atoms with Crippen LogP contribution in [-0.2, 0) is 4.79 Å². The van der Waals surface area contributed by atoms with Crippen molar-refractivity contribution in [1.29, 1.82) is 0 Å². The van der Waals surface area contributed by atoms with Crippen molar-refractivity contribution in [3.05, 3.63) is 69.8 Å². The van der Waals surface area contributed by atoms with Gasteiger partial charge in [0.15, 0.2) is 23.0 Å². The number of Topliss-reactive ketones (excluding diaryl/α,β-unsaturated/α-hetero) is 2. The van der Waals surface area contributed by atoms with Crippen LogP contribution in [0.5, 0.6) is 11.5 Å². The first-order valence-electron chi connectivity index (χ1n) is 9.46. The van der Waals surface area contributed by atoms with E-state index >= 15 is 0 Å². The summed E-state index contributed by atoms with van der Waals surface area (Å²) >= 11 is 0. The minimum atomic E-state index is -0.859. The molecule has 0 bridgehead atoms. The third-order valence-electron chi connectivity index (χ3n) is 5.20. The highest BCUT2D eigenvalue weighted by Gasteiger charge is 2.31. The Morgan fingerprint density at radius 3 is 2.67 bits per heavy atom. The Kier molecular flexibility index (Phi) is 4.13. The van der Waals surface area contributed by atoms with Crippen molar-refractivity contribution in [2.75, 3.05) is 6.79 Å². The first-order chi connectivity index (χ1) is 14.5. The van der Waals surface area contributed by atoms with E-state index < -0.39 is 22.8 Å². The Balaban J connectivity index is 1.76. The van der Waals surface area contributed by atoms with Crippen LogP contribution < -0.4 is 15.0 Å². The third-order valence-corrected chi connectivity index (χ3v) is 5.20. The molecule has 30 heavy (non-hydrogen) atoms. The minimum Gasteiger partial charge on any atom is -0.511 e. The van der Waals surface area contributed by atoms with E-state index in [2.05, 4.69) is 4.98 Å². The highest BCUT2D eigenvalue weighted by atomic mass is 16.7. The monoisotopic (exact) mass is 404 g/mol. The molecule has 0 atom stereocenters. The number of fused-ring (bicyclic) bond motifs is 2. The van der Waals surface area contributed by atoms with E-state index in [1.54, 1.807) is 42.5 Å². The number of aromatic nitrogens is 2. The molecule has 8 nitrogen and oxygen atoms in total. The van der Waals surface area contributed by atoms with Crippen LogP contribution in [0, 0.1) is 0 Å². The summed E-state index contributed by atoms with van der Waals surface area (Å²) in [6, 6.07) is 11.9. The number of allylic oxidation sites excluding steroid dienone is 2. The second-order valence-corrected chi connectivity index (χ2v) is 7.05. The summed E-state index contributed by atoms with van der Waals surface area (Å²) in [6.07, 6.45) is 0.833. The molecule has 0 fully saturated rings. The molecule has 0 unspecified atom stereocenters. The molecule has 0 spiro atoms. The summed E-state index contributed by atoms with van der Waals surface area (Å²) in [4.78, 5) is 43.0. The van der Waals surface area contributed by atoms with Gasteiger partial charge in [-0.25, -0.2) is 4.98 Å². The van der Waals surface area contributed by atoms with Crippen LogP contribution >= 0.6 is 0 Å². The molecule has 5 rings (SSSR count). The predicted molar refractivity (Wildman–Crippen MR) is 106 cm³/mol. The predicted octanol–water partition coefficient (Wildman–Crippen LogP) is 2.86. The maximum atomic E-state index is 13.4. The van der Waals surface area contributed by atoms with Gasteiger partial charge in [0.25, 0.3) is 5.56 Å². The number of nitrogens with zero attached hydrogens (tertiary/aromatic N) is 2. The van der Waals surface area contributed by atoms with E-state index in [1.165, 1.54) is 4.57 Å². The molecule has 0 radical (unpaired) electrons. The van der Waals surface area contributed by atoms with Crippen molar-refractivity contribution in [1.82, 2.24) is 9.55 Å². The fourth-order valence-electron chi connectivity index (χ4n) is 3.76. The number of hydrogen-bond acceptors (Lipinski definition) is 7. The van der Waals surface area contributed by atoms with Gasteiger partial charge in [0.1, 0.15) is 11.3 Å². The molecule has 2 aliphatic rings. The lowest BCUT2D eigenvalue weighted by molar-refractivity contribution is -0.116. The van der Waals surface area contributed by atoms with E-state index in [4.69, 9.17) is 9.47 Å². The van der Waals surface area contributed by atoms with E-state index in [9.17, 15) is 19.5 Å². The van der Waals surface area contributed by atoms with Gasteiger partial charge in [-0.15, -0.1) is 0 Å². The molecule has 1 aromatic heterocycles. The second kappa shape index (κ2) is 6.84. The van der Waals surface area contributed by atoms with E-state index in [1.807, 2.05) is 0 Å². The number of aliphatic hydroxyl groups excluding tert-OH is 1. The van der Waals surface area contributed by atoms with Crippen molar-refractivity contribution in [2.45, 2.75) is 19.3 Å². The summed E-state index contributed by atoms with van der Waals surface area (Å²) in [7, 11) is 0. The number of hydrogen-bond donors (Lipinski definition) is 1. The molecule has 8 heteroatoms. The summed E-state index contributed by atoms with van der Waals surface area (Å²) in [6.45, 7) is 0.0874. The molecular weight excluding hydrogens is 388 g/mol. The maximum absolute atomic E-state index is 13.4. The van der Waals surface area contributed by atoms with Crippen molar-refractivity contribution in [2.24, 2.45) is 0 Å². The topological polar surface area (TPSA) is 108 Å². The van der Waals surface area contributed by atoms with Crippen LogP contribution in [0.4, 0.5) is 0 Å². The highest BCUT2D eigenvalue weighted by Crippen LogP contribution is 2.34. The molecule has 3 aromatic rings. The quantitative estimate of drug-likeness (QED) is 0.528. The Morgan fingerprint density at radius 1 is 1.03 bits per heavy atom. The number of ketones is 2. The van der Waals surface area contributed by atoms with Crippen LogP contribution in [0.3, 0.4) is 0 Å². The number of aliphatic hydroxyl groups is 1. The van der Waals surface area contributed by atoms with Gasteiger partial charge in [0.2, 0.25) is 12.6 Å². The van der Waals surface area contributed by atoms with Crippen LogP contribution in [0.15, 0.2) is 58.6 Å². The highest BCUT2D eigenvalue weighted by molar-refractivity contribution is 6.26. The number of rotatable bonds is 3. The molecule has 1 aliphatic heterocycles. The van der Waals surface area contributed by atoms with E-state index in [0.29, 0.717) is 34.6 Å². The van der Waals surface area contributed by atoms with E-state index in [-0.39, 0.29) is 31.0 Å². The molecule has 1 aliphatic carbocycles. The van der Waals surface area contributed by atoms with Gasteiger partial charge in [-0.2, -0.15) is 0 Å².